The first-order valence-electron chi connectivity index (χ1n) is 7.07. The molecule has 0 aliphatic heterocycles. The molecule has 1 unspecified atom stereocenters. The summed E-state index contributed by atoms with van der Waals surface area (Å²) in [6, 6.07) is 6.63. The molecule has 0 aliphatic rings. The van der Waals surface area contributed by atoms with Gasteiger partial charge in [-0.2, -0.15) is 4.98 Å². The van der Waals surface area contributed by atoms with Crippen molar-refractivity contribution in [3.05, 3.63) is 24.3 Å². The number of benzene rings is 1. The summed E-state index contributed by atoms with van der Waals surface area (Å²) >= 11 is 0. The summed E-state index contributed by atoms with van der Waals surface area (Å²) in [5.41, 5.74) is 0.765. The lowest BCUT2D eigenvalue weighted by Gasteiger charge is -2.12. The maximum absolute atomic E-state index is 11.4. The van der Waals surface area contributed by atoms with Crippen LogP contribution in [0.4, 0.5) is 0 Å². The highest BCUT2D eigenvalue weighted by atomic mass is 16.5. The normalized spacial score (nSPS) is 12.0. The molecule has 0 amide bonds. The predicted molar refractivity (Wildman–Crippen MR) is 80.1 cm³/mol. The number of aliphatic carboxylic acids is 1. The number of carboxylic acids is 1. The van der Waals surface area contributed by atoms with Gasteiger partial charge in [-0.1, -0.05) is 6.92 Å². The van der Waals surface area contributed by atoms with E-state index in [-0.39, 0.29) is 6.01 Å². The molecule has 1 atom stereocenters. The zero-order valence-corrected chi connectivity index (χ0v) is 12.8. The quantitative estimate of drug-likeness (QED) is 0.845. The van der Waals surface area contributed by atoms with Crippen molar-refractivity contribution in [1.82, 2.24) is 14.8 Å². The average Bonchev–Trinajstić information content (AvgIpc) is 2.92. The molecule has 22 heavy (non-hydrogen) atoms. The molecule has 1 aromatic heterocycles. The molecule has 0 spiro atoms. The van der Waals surface area contributed by atoms with Crippen molar-refractivity contribution in [1.29, 1.82) is 0 Å². The number of methoxy groups -OCH3 is 1. The van der Waals surface area contributed by atoms with E-state index in [0.29, 0.717) is 18.9 Å². The van der Waals surface area contributed by atoms with Crippen molar-refractivity contribution in [3.8, 4) is 23.1 Å². The standard InChI is InChI=1S/C15H19N3O4/c1-4-12(14(19)20)18-15(22-5-2)16-13(17-18)10-6-8-11(21-3)9-7-10/h6-9,12H,4-5H2,1-3H3,(H,19,20). The van der Waals surface area contributed by atoms with E-state index in [1.54, 1.807) is 26.2 Å². The highest BCUT2D eigenvalue weighted by Crippen LogP contribution is 2.25. The molecular weight excluding hydrogens is 286 g/mol. The Bertz CT molecular complexity index is 637. The van der Waals surface area contributed by atoms with E-state index >= 15 is 0 Å². The molecular formula is C15H19N3O4. The van der Waals surface area contributed by atoms with Crippen molar-refractivity contribution in [2.75, 3.05) is 13.7 Å². The number of aromatic nitrogens is 3. The fourth-order valence-corrected chi connectivity index (χ4v) is 2.05. The predicted octanol–water partition coefficient (Wildman–Crippen LogP) is 2.39. The molecule has 118 valence electrons. The van der Waals surface area contributed by atoms with E-state index < -0.39 is 12.0 Å². The molecule has 7 heteroatoms. The van der Waals surface area contributed by atoms with Crippen molar-refractivity contribution in [3.63, 3.8) is 0 Å². The van der Waals surface area contributed by atoms with Crippen LogP contribution < -0.4 is 9.47 Å². The summed E-state index contributed by atoms with van der Waals surface area (Å²) in [6.45, 7) is 3.98. The number of hydrogen-bond acceptors (Lipinski definition) is 5. The van der Waals surface area contributed by atoms with E-state index in [9.17, 15) is 9.90 Å². The van der Waals surface area contributed by atoms with Crippen LogP contribution in [0, 0.1) is 0 Å². The smallest absolute Gasteiger partial charge is 0.328 e. The maximum Gasteiger partial charge on any atom is 0.328 e. The lowest BCUT2D eigenvalue weighted by molar-refractivity contribution is -0.141. The Morgan fingerprint density at radius 3 is 2.50 bits per heavy atom. The number of nitrogens with zero attached hydrogens (tertiary/aromatic N) is 3. The summed E-state index contributed by atoms with van der Waals surface area (Å²) in [4.78, 5) is 15.7. The van der Waals surface area contributed by atoms with Gasteiger partial charge >= 0.3 is 12.0 Å². The van der Waals surface area contributed by atoms with E-state index in [1.165, 1.54) is 4.68 Å². The highest BCUT2D eigenvalue weighted by molar-refractivity contribution is 5.72. The molecule has 1 N–H and O–H groups in total. The fourth-order valence-electron chi connectivity index (χ4n) is 2.05. The minimum Gasteiger partial charge on any atom is -0.497 e. The van der Waals surface area contributed by atoms with E-state index in [0.717, 1.165) is 11.3 Å². The lowest BCUT2D eigenvalue weighted by Crippen LogP contribution is -2.20. The highest BCUT2D eigenvalue weighted by Gasteiger charge is 2.24. The third-order valence-corrected chi connectivity index (χ3v) is 3.19. The topological polar surface area (TPSA) is 86.5 Å². The number of rotatable bonds is 7. The summed E-state index contributed by atoms with van der Waals surface area (Å²) in [5.74, 6) is 0.186. The second-order valence-electron chi connectivity index (χ2n) is 4.59. The van der Waals surface area contributed by atoms with Crippen LogP contribution in [0.25, 0.3) is 11.4 Å². The third-order valence-electron chi connectivity index (χ3n) is 3.19. The van der Waals surface area contributed by atoms with Gasteiger partial charge in [0.25, 0.3) is 0 Å². The summed E-state index contributed by atoms with van der Waals surface area (Å²) < 4.78 is 11.9. The summed E-state index contributed by atoms with van der Waals surface area (Å²) in [6.07, 6.45) is 0.390. The first-order valence-corrected chi connectivity index (χ1v) is 7.07. The van der Waals surface area contributed by atoms with Gasteiger partial charge < -0.3 is 14.6 Å². The van der Waals surface area contributed by atoms with Gasteiger partial charge in [0.1, 0.15) is 5.75 Å². The number of carboxylic acid groups (broad SMARTS) is 1. The fraction of sp³-hybridized carbons (Fsp3) is 0.400. The van der Waals surface area contributed by atoms with Gasteiger partial charge in [-0.3, -0.25) is 0 Å². The van der Waals surface area contributed by atoms with Crippen LogP contribution in [-0.4, -0.2) is 39.6 Å². The molecule has 1 aromatic carbocycles. The number of hydrogen-bond donors (Lipinski definition) is 1. The van der Waals surface area contributed by atoms with Crippen molar-refractivity contribution < 1.29 is 19.4 Å². The first-order chi connectivity index (χ1) is 10.6. The first kappa shape index (κ1) is 15.8. The molecule has 0 fully saturated rings. The van der Waals surface area contributed by atoms with Gasteiger partial charge in [0.05, 0.1) is 13.7 Å². The average molecular weight is 305 g/mol. The van der Waals surface area contributed by atoms with Crippen molar-refractivity contribution in [2.45, 2.75) is 26.3 Å². The molecule has 2 rings (SSSR count). The van der Waals surface area contributed by atoms with E-state index in [2.05, 4.69) is 10.1 Å². The minimum absolute atomic E-state index is 0.211. The third kappa shape index (κ3) is 3.19. The van der Waals surface area contributed by atoms with Crippen LogP contribution in [0.15, 0.2) is 24.3 Å². The Morgan fingerprint density at radius 1 is 1.32 bits per heavy atom. The molecule has 7 nitrogen and oxygen atoms in total. The van der Waals surface area contributed by atoms with Crippen LogP contribution in [0.2, 0.25) is 0 Å². The SMILES string of the molecule is CCOc1nc(-c2ccc(OC)cc2)nn1C(CC)C(=O)O. The Hall–Kier alpha value is -2.57. The zero-order valence-electron chi connectivity index (χ0n) is 12.8. The lowest BCUT2D eigenvalue weighted by atomic mass is 10.2. The molecule has 0 aliphatic carbocycles. The van der Waals surface area contributed by atoms with Gasteiger partial charge in [-0.25, -0.2) is 9.48 Å². The van der Waals surface area contributed by atoms with Crippen molar-refractivity contribution >= 4 is 5.97 Å². The number of carbonyl (C=O) groups is 1. The monoisotopic (exact) mass is 305 g/mol. The van der Waals surface area contributed by atoms with Crippen LogP contribution in [0.3, 0.4) is 0 Å². The van der Waals surface area contributed by atoms with E-state index in [1.807, 2.05) is 19.1 Å². The van der Waals surface area contributed by atoms with Crippen LogP contribution in [0.1, 0.15) is 26.3 Å². The van der Waals surface area contributed by atoms with Gasteiger partial charge in [-0.05, 0) is 37.6 Å². The van der Waals surface area contributed by atoms with Gasteiger partial charge in [-0.15, -0.1) is 5.10 Å². The van der Waals surface area contributed by atoms with E-state index in [4.69, 9.17) is 9.47 Å². The molecule has 0 bridgehead atoms. The van der Waals surface area contributed by atoms with Crippen LogP contribution in [-0.2, 0) is 4.79 Å². The summed E-state index contributed by atoms with van der Waals surface area (Å²) in [7, 11) is 1.59. The Labute approximate surface area is 128 Å². The minimum atomic E-state index is -0.963. The zero-order chi connectivity index (χ0) is 16.1. The number of ether oxygens (including phenoxy) is 2. The van der Waals surface area contributed by atoms with Crippen LogP contribution in [0.5, 0.6) is 11.8 Å². The second kappa shape index (κ2) is 6.93. The molecule has 0 radical (unpaired) electrons. The van der Waals surface area contributed by atoms with Crippen molar-refractivity contribution in [2.24, 2.45) is 0 Å². The van der Waals surface area contributed by atoms with Gasteiger partial charge in [0, 0.05) is 5.56 Å². The maximum atomic E-state index is 11.4. The van der Waals surface area contributed by atoms with Gasteiger partial charge in [0.15, 0.2) is 11.9 Å². The van der Waals surface area contributed by atoms with Gasteiger partial charge in [0.2, 0.25) is 0 Å². The second-order valence-corrected chi connectivity index (χ2v) is 4.59. The van der Waals surface area contributed by atoms with Crippen LogP contribution >= 0.6 is 0 Å². The Morgan fingerprint density at radius 2 is 2.00 bits per heavy atom. The molecule has 0 saturated heterocycles. The Kier molecular flexibility index (Phi) is 4.98. The molecule has 1 heterocycles. The molecule has 0 saturated carbocycles. The summed E-state index contributed by atoms with van der Waals surface area (Å²) in [5, 5.41) is 13.6. The largest absolute Gasteiger partial charge is 0.497 e. The molecule has 2 aromatic rings. The Balaban J connectivity index is 2.42.